The number of rotatable bonds is 11. The zero-order valence-corrected chi connectivity index (χ0v) is 28.8. The van der Waals surface area contributed by atoms with Crippen LogP contribution in [-0.2, 0) is 19.1 Å². The smallest absolute Gasteiger partial charge is 0.320 e. The Hall–Kier alpha value is -1.18. The minimum atomic E-state index is -0.541. The molecule has 0 aromatic carbocycles. The van der Waals surface area contributed by atoms with E-state index in [0.29, 0.717) is 12.6 Å². The molecular weight excluding hydrogens is 502 g/mol. The monoisotopic (exact) mass is 567 g/mol. The van der Waals surface area contributed by atoms with Gasteiger partial charge in [-0.05, 0) is 65.7 Å². The molecule has 0 aliphatic carbocycles. The van der Waals surface area contributed by atoms with Crippen molar-refractivity contribution in [3.05, 3.63) is 0 Å². The Balaban J connectivity index is 3.50. The normalized spacial score (nSPS) is 21.3. The van der Waals surface area contributed by atoms with Crippen molar-refractivity contribution in [3.8, 4) is 0 Å². The molecular formula is C33H65N3O4. The predicted molar refractivity (Wildman–Crippen MR) is 167 cm³/mol. The van der Waals surface area contributed by atoms with E-state index in [1.807, 2.05) is 41.5 Å². The summed E-state index contributed by atoms with van der Waals surface area (Å²) in [4.78, 5) is 33.4. The lowest BCUT2D eigenvalue weighted by molar-refractivity contribution is -0.160. The number of hydrogen-bond acceptors (Lipinski definition) is 7. The number of carbonyl (C=O) groups is 2. The molecule has 0 aromatic rings. The molecule has 7 heteroatoms. The standard InChI is InChI=1S/C33H65N3O4/c1-15-16-17-18-26(30(5,6)7)35-20-19-34(21-27(37)39-31(8,9)10)24-33(14,25-35)36(23-29(2,3)4)22-28(38)40-32(11,12)13/h26H,15-25H2,1-14H3. The molecule has 1 aliphatic heterocycles. The van der Waals surface area contributed by atoms with Gasteiger partial charge in [0.2, 0.25) is 0 Å². The van der Waals surface area contributed by atoms with Crippen molar-refractivity contribution in [1.29, 1.82) is 0 Å². The first-order valence-corrected chi connectivity index (χ1v) is 15.6. The number of ether oxygens (including phenoxy) is 2. The molecule has 40 heavy (non-hydrogen) atoms. The van der Waals surface area contributed by atoms with Crippen LogP contribution >= 0.6 is 0 Å². The van der Waals surface area contributed by atoms with Gasteiger partial charge in [0.1, 0.15) is 11.2 Å². The molecule has 1 fully saturated rings. The van der Waals surface area contributed by atoms with Crippen LogP contribution in [-0.4, -0.2) is 95.2 Å². The largest absolute Gasteiger partial charge is 0.459 e. The molecule has 1 rings (SSSR count). The fourth-order valence-electron chi connectivity index (χ4n) is 5.85. The Bertz CT molecular complexity index is 800. The molecule has 0 N–H and O–H groups in total. The van der Waals surface area contributed by atoms with E-state index >= 15 is 0 Å². The topological polar surface area (TPSA) is 62.3 Å². The van der Waals surface area contributed by atoms with Crippen LogP contribution in [0, 0.1) is 10.8 Å². The summed E-state index contributed by atoms with van der Waals surface area (Å²) in [5.74, 6) is -0.407. The minimum absolute atomic E-state index is 0.0251. The summed E-state index contributed by atoms with van der Waals surface area (Å²) < 4.78 is 11.5. The zero-order chi connectivity index (χ0) is 31.2. The molecule has 1 aliphatic rings. The van der Waals surface area contributed by atoms with E-state index in [2.05, 4.69) is 70.1 Å². The highest BCUT2D eigenvalue weighted by atomic mass is 16.6. The summed E-state index contributed by atoms with van der Waals surface area (Å²) in [6, 6.07) is 0.401. The Morgan fingerprint density at radius 1 is 0.825 bits per heavy atom. The van der Waals surface area contributed by atoms with Crippen LogP contribution in [0.3, 0.4) is 0 Å². The molecule has 0 bridgehead atoms. The van der Waals surface area contributed by atoms with E-state index in [1.54, 1.807) is 0 Å². The molecule has 2 unspecified atom stereocenters. The number of unbranched alkanes of at least 4 members (excludes halogenated alkanes) is 2. The van der Waals surface area contributed by atoms with E-state index in [9.17, 15) is 9.59 Å². The van der Waals surface area contributed by atoms with Gasteiger partial charge in [0, 0.05) is 44.3 Å². The van der Waals surface area contributed by atoms with Gasteiger partial charge >= 0.3 is 11.9 Å². The van der Waals surface area contributed by atoms with Gasteiger partial charge in [-0.1, -0.05) is 67.7 Å². The van der Waals surface area contributed by atoms with E-state index in [0.717, 1.165) is 32.6 Å². The third-order valence-electron chi connectivity index (χ3n) is 7.27. The Morgan fingerprint density at radius 2 is 1.38 bits per heavy atom. The van der Waals surface area contributed by atoms with E-state index < -0.39 is 11.2 Å². The Morgan fingerprint density at radius 3 is 1.85 bits per heavy atom. The average Bonchev–Trinajstić information content (AvgIpc) is 2.85. The lowest BCUT2D eigenvalue weighted by Gasteiger charge is -2.48. The molecule has 1 heterocycles. The van der Waals surface area contributed by atoms with Gasteiger partial charge in [0.15, 0.2) is 0 Å². The molecule has 0 amide bonds. The SMILES string of the molecule is CCCCCC(N1CCN(CC(=O)OC(C)(C)C)CC(C)(N(CC(=O)OC(C)(C)C)CC(C)(C)C)C1)C(C)(C)C. The third kappa shape index (κ3) is 14.1. The van der Waals surface area contributed by atoms with Crippen molar-refractivity contribution in [2.75, 3.05) is 45.8 Å². The second-order valence-corrected chi connectivity index (χ2v) is 16.6. The molecule has 0 radical (unpaired) electrons. The van der Waals surface area contributed by atoms with E-state index in [-0.39, 0.29) is 41.4 Å². The summed E-state index contributed by atoms with van der Waals surface area (Å²) in [5.41, 5.74) is -1.36. The van der Waals surface area contributed by atoms with Crippen molar-refractivity contribution in [1.82, 2.24) is 14.7 Å². The fraction of sp³-hybridized carbons (Fsp3) is 0.939. The first-order valence-electron chi connectivity index (χ1n) is 15.6. The minimum Gasteiger partial charge on any atom is -0.459 e. The number of hydrogen-bond donors (Lipinski definition) is 0. The first-order chi connectivity index (χ1) is 17.9. The fourth-order valence-corrected chi connectivity index (χ4v) is 5.85. The van der Waals surface area contributed by atoms with E-state index in [4.69, 9.17) is 9.47 Å². The van der Waals surface area contributed by atoms with Gasteiger partial charge in [0.25, 0.3) is 0 Å². The van der Waals surface area contributed by atoms with Crippen LogP contribution in [0.1, 0.15) is 123 Å². The van der Waals surface area contributed by atoms with Crippen molar-refractivity contribution < 1.29 is 19.1 Å². The van der Waals surface area contributed by atoms with Crippen molar-refractivity contribution >= 4 is 11.9 Å². The van der Waals surface area contributed by atoms with Crippen LogP contribution in [0.15, 0.2) is 0 Å². The summed E-state index contributed by atoms with van der Waals surface area (Å²) in [6.45, 7) is 34.1. The summed E-state index contributed by atoms with van der Waals surface area (Å²) in [6.07, 6.45) is 4.78. The number of esters is 2. The van der Waals surface area contributed by atoms with Gasteiger partial charge in [-0.3, -0.25) is 24.3 Å². The molecule has 0 spiro atoms. The highest BCUT2D eigenvalue weighted by Gasteiger charge is 2.44. The maximum absolute atomic E-state index is 13.2. The van der Waals surface area contributed by atoms with Crippen LogP contribution < -0.4 is 0 Å². The van der Waals surface area contributed by atoms with Crippen LogP contribution in [0.25, 0.3) is 0 Å². The second kappa shape index (κ2) is 14.3. The summed E-state index contributed by atoms with van der Waals surface area (Å²) in [5, 5.41) is 0. The maximum Gasteiger partial charge on any atom is 0.320 e. The lowest BCUT2D eigenvalue weighted by Crippen LogP contribution is -2.62. The summed E-state index contributed by atoms with van der Waals surface area (Å²) >= 11 is 0. The molecule has 1 saturated heterocycles. The Kier molecular flexibility index (Phi) is 13.2. The summed E-state index contributed by atoms with van der Waals surface area (Å²) in [7, 11) is 0. The molecule has 236 valence electrons. The van der Waals surface area contributed by atoms with Crippen LogP contribution in [0.2, 0.25) is 0 Å². The van der Waals surface area contributed by atoms with Crippen molar-refractivity contribution in [2.24, 2.45) is 10.8 Å². The Labute approximate surface area is 247 Å². The highest BCUT2D eigenvalue weighted by molar-refractivity contribution is 5.72. The molecule has 0 aromatic heterocycles. The van der Waals surface area contributed by atoms with Crippen molar-refractivity contribution in [2.45, 2.75) is 145 Å². The van der Waals surface area contributed by atoms with Gasteiger partial charge in [-0.25, -0.2) is 0 Å². The van der Waals surface area contributed by atoms with Gasteiger partial charge < -0.3 is 9.47 Å². The molecule has 2 atom stereocenters. The average molecular weight is 568 g/mol. The van der Waals surface area contributed by atoms with E-state index in [1.165, 1.54) is 19.3 Å². The zero-order valence-electron chi connectivity index (χ0n) is 28.8. The maximum atomic E-state index is 13.2. The van der Waals surface area contributed by atoms with Crippen LogP contribution in [0.4, 0.5) is 0 Å². The first kappa shape index (κ1) is 36.8. The van der Waals surface area contributed by atoms with Gasteiger partial charge in [-0.15, -0.1) is 0 Å². The lowest BCUT2D eigenvalue weighted by atomic mass is 9.81. The highest BCUT2D eigenvalue weighted by Crippen LogP contribution is 2.34. The van der Waals surface area contributed by atoms with Crippen molar-refractivity contribution in [3.63, 3.8) is 0 Å². The second-order valence-electron chi connectivity index (χ2n) is 16.6. The molecule has 0 saturated carbocycles. The predicted octanol–water partition coefficient (Wildman–Crippen LogP) is 6.39. The van der Waals surface area contributed by atoms with Gasteiger partial charge in [0.05, 0.1) is 13.1 Å². The molecule has 7 nitrogen and oxygen atoms in total. The van der Waals surface area contributed by atoms with Crippen LogP contribution in [0.5, 0.6) is 0 Å². The third-order valence-corrected chi connectivity index (χ3v) is 7.27. The number of carbonyl (C=O) groups excluding carboxylic acids is 2. The number of nitrogens with zero attached hydrogens (tertiary/aromatic N) is 3. The quantitative estimate of drug-likeness (QED) is 0.212. The van der Waals surface area contributed by atoms with Gasteiger partial charge in [-0.2, -0.15) is 0 Å².